The molecule has 0 amide bonds. The van der Waals surface area contributed by atoms with E-state index in [1.165, 1.54) is 36.5 Å². The molecule has 0 spiro atoms. The topological polar surface area (TPSA) is 138 Å². The highest BCUT2D eigenvalue weighted by molar-refractivity contribution is 8.06. The van der Waals surface area contributed by atoms with Gasteiger partial charge < -0.3 is 37.8 Å². The smallest absolute Gasteiger partial charge is 0.330 e. The largest absolute Gasteiger partial charge is 0.770 e. The molecule has 6 rings (SSSR count). The fourth-order valence-electron chi connectivity index (χ4n) is 6.79. The number of rotatable bonds is 16. The first-order valence-corrected chi connectivity index (χ1v) is 22.0. The lowest BCUT2D eigenvalue weighted by molar-refractivity contribution is -0.894. The van der Waals surface area contributed by atoms with E-state index < -0.39 is 42.0 Å². The maximum Gasteiger partial charge on any atom is 0.330 e. The van der Waals surface area contributed by atoms with Crippen LogP contribution >= 0.6 is 18.3 Å². The van der Waals surface area contributed by atoms with Gasteiger partial charge in [0.15, 0.2) is 6.72 Å². The lowest BCUT2D eigenvalue weighted by atomic mass is 9.80. The van der Waals surface area contributed by atoms with Crippen LogP contribution in [0, 0.1) is 6.92 Å². The minimum Gasteiger partial charge on any atom is -0.770 e. The normalized spacial score (nSPS) is 17.6. The number of aryl methyl sites for hydroxylation is 1. The Hall–Kier alpha value is -4.30. The van der Waals surface area contributed by atoms with E-state index in [4.69, 9.17) is 51.4 Å². The van der Waals surface area contributed by atoms with E-state index in [0.717, 1.165) is 16.7 Å². The predicted octanol–water partition coefficient (Wildman–Crippen LogP) is 5.79. The van der Waals surface area contributed by atoms with Gasteiger partial charge in [-0.3, -0.25) is 14.3 Å². The standard InChI is InChI=1S/C37H36ClN2O9PS.C6H15N/c1-24-22-40(36(42)39-35(24)41)34-21-32(49-50(43,51)48-31-12-8-7-11-30(31)38)33(47-34)23-46-37(25-9-5-4-6-10-25,26-13-17-28(44-2)18-14-26)27-15-19-29(45-3)20-16-27;1-4-7(5-2)6-3/h4-20,22,32-34H,21,23H2,1-3H3,(H,43,51)(H,39,41,42);4-6H2,1-3H3/t32-,33+,34+,50?;/m0./s1. The van der Waals surface area contributed by atoms with Gasteiger partial charge in [0.05, 0.1) is 51.6 Å². The second kappa shape index (κ2) is 20.6. The zero-order valence-electron chi connectivity index (χ0n) is 33.5. The molecule has 1 aromatic heterocycles. The van der Waals surface area contributed by atoms with Gasteiger partial charge in [-0.1, -0.05) is 78.3 Å². The minimum absolute atomic E-state index is 0.0232. The molecule has 4 atom stereocenters. The molecule has 1 saturated heterocycles. The van der Waals surface area contributed by atoms with Crippen LogP contribution in [0.5, 0.6) is 17.2 Å². The molecule has 2 heterocycles. The SMILES string of the molecule is CC[NH+](CC)CC.COc1ccc(C(OC[C@H]2O[C@@H](n3cc(C)c(=O)[nH]c3=O)C[C@@H]2OP([O-])(=S)Oc2ccccc2Cl)(c2ccccc2)c2ccc(OC)cc2)cc1. The summed E-state index contributed by atoms with van der Waals surface area (Å²) in [6.45, 7) is 7.69. The van der Waals surface area contributed by atoms with Gasteiger partial charge in [0.25, 0.3) is 5.56 Å². The maximum atomic E-state index is 13.7. The third-order valence-electron chi connectivity index (χ3n) is 10.1. The lowest BCUT2D eigenvalue weighted by Gasteiger charge is -2.38. The van der Waals surface area contributed by atoms with Crippen LogP contribution in [-0.4, -0.2) is 62.2 Å². The zero-order chi connectivity index (χ0) is 41.9. The van der Waals surface area contributed by atoms with Gasteiger partial charge in [-0.2, -0.15) is 0 Å². The van der Waals surface area contributed by atoms with E-state index in [-0.39, 0.29) is 23.8 Å². The summed E-state index contributed by atoms with van der Waals surface area (Å²) in [6, 6.07) is 31.2. The van der Waals surface area contributed by atoms with Crippen LogP contribution in [0.1, 0.15) is 55.7 Å². The Morgan fingerprint density at radius 3 is 1.91 bits per heavy atom. The third kappa shape index (κ3) is 10.8. The van der Waals surface area contributed by atoms with Crippen LogP contribution in [0.4, 0.5) is 0 Å². The van der Waals surface area contributed by atoms with Crippen LogP contribution in [0.3, 0.4) is 0 Å². The van der Waals surface area contributed by atoms with E-state index in [0.29, 0.717) is 17.1 Å². The molecule has 310 valence electrons. The Balaban J connectivity index is 0.000000839. The summed E-state index contributed by atoms with van der Waals surface area (Å²) < 4.78 is 37.3. The number of ether oxygens (including phenoxy) is 4. The summed E-state index contributed by atoms with van der Waals surface area (Å²) in [5, 5.41) is 0.202. The fraction of sp³-hybridized carbons (Fsp3) is 0.349. The van der Waals surface area contributed by atoms with Crippen molar-refractivity contribution in [3.05, 3.63) is 157 Å². The number of methoxy groups -OCH3 is 2. The first kappa shape index (κ1) is 44.8. The number of hydrogen-bond donors (Lipinski definition) is 2. The van der Waals surface area contributed by atoms with E-state index >= 15 is 0 Å². The van der Waals surface area contributed by atoms with E-state index in [1.807, 2.05) is 78.9 Å². The summed E-state index contributed by atoms with van der Waals surface area (Å²) in [6.07, 6.45) is -1.42. The Morgan fingerprint density at radius 1 is 0.862 bits per heavy atom. The minimum atomic E-state index is -4.24. The molecule has 2 N–H and O–H groups in total. The molecule has 12 nitrogen and oxygen atoms in total. The zero-order valence-corrected chi connectivity index (χ0v) is 36.0. The summed E-state index contributed by atoms with van der Waals surface area (Å²) in [5.74, 6) is 1.41. The molecule has 1 aliphatic heterocycles. The van der Waals surface area contributed by atoms with Crippen molar-refractivity contribution < 1.29 is 37.8 Å². The van der Waals surface area contributed by atoms with Gasteiger partial charge >= 0.3 is 5.69 Å². The fourth-order valence-corrected chi connectivity index (χ4v) is 8.59. The molecule has 1 unspecified atom stereocenters. The Bertz CT molecular complexity index is 2180. The van der Waals surface area contributed by atoms with Gasteiger partial charge in [0.1, 0.15) is 35.2 Å². The number of aromatic amines is 1. The predicted molar refractivity (Wildman–Crippen MR) is 227 cm³/mol. The number of quaternary nitrogens is 1. The van der Waals surface area contributed by atoms with Crippen LogP contribution in [0.2, 0.25) is 5.02 Å². The van der Waals surface area contributed by atoms with Crippen molar-refractivity contribution in [3.63, 3.8) is 0 Å². The molecule has 0 bridgehead atoms. The summed E-state index contributed by atoms with van der Waals surface area (Å²) in [7, 11) is 3.19. The summed E-state index contributed by atoms with van der Waals surface area (Å²) in [5.41, 5.74) is 0.231. The number of benzene rings is 4. The van der Waals surface area contributed by atoms with Gasteiger partial charge in [-0.25, -0.2) is 4.79 Å². The quantitative estimate of drug-likeness (QED) is 0.0928. The van der Waals surface area contributed by atoms with E-state index in [2.05, 4.69) is 25.8 Å². The highest BCUT2D eigenvalue weighted by Crippen LogP contribution is 2.48. The molecular formula is C43H51ClN3O9PS. The monoisotopic (exact) mass is 851 g/mol. The molecule has 5 aromatic rings. The molecule has 4 aromatic carbocycles. The Labute approximate surface area is 349 Å². The highest BCUT2D eigenvalue weighted by atomic mass is 35.5. The molecule has 0 aliphatic carbocycles. The first-order chi connectivity index (χ1) is 27.9. The van der Waals surface area contributed by atoms with Crippen molar-refractivity contribution in [1.29, 1.82) is 0 Å². The second-order valence-electron chi connectivity index (χ2n) is 13.6. The van der Waals surface area contributed by atoms with Gasteiger partial charge in [0, 0.05) is 18.2 Å². The van der Waals surface area contributed by atoms with Gasteiger partial charge in [-0.15, -0.1) is 0 Å². The van der Waals surface area contributed by atoms with Crippen LogP contribution < -0.4 is 35.0 Å². The number of para-hydroxylation sites is 1. The number of nitrogens with one attached hydrogen (secondary N) is 2. The van der Waals surface area contributed by atoms with Crippen molar-refractivity contribution in [2.45, 2.75) is 58.2 Å². The number of halogens is 1. The van der Waals surface area contributed by atoms with Gasteiger partial charge in [-0.05, 0) is 92.6 Å². The van der Waals surface area contributed by atoms with Crippen LogP contribution in [0.25, 0.3) is 0 Å². The molecular weight excluding hydrogens is 801 g/mol. The number of aromatic nitrogens is 2. The molecule has 58 heavy (non-hydrogen) atoms. The molecule has 15 heteroatoms. The van der Waals surface area contributed by atoms with Crippen molar-refractivity contribution in [2.24, 2.45) is 0 Å². The van der Waals surface area contributed by atoms with Gasteiger partial charge in [0.2, 0.25) is 0 Å². The average molecular weight is 852 g/mol. The molecule has 0 saturated carbocycles. The number of nitrogens with zero attached hydrogens (tertiary/aromatic N) is 1. The molecule has 1 aliphatic rings. The highest BCUT2D eigenvalue weighted by Gasteiger charge is 2.44. The second-order valence-corrected chi connectivity index (χ2v) is 16.6. The third-order valence-corrected chi connectivity index (χ3v) is 11.8. The summed E-state index contributed by atoms with van der Waals surface area (Å²) in [4.78, 5) is 42.8. The lowest BCUT2D eigenvalue weighted by Crippen LogP contribution is -3.11. The van der Waals surface area contributed by atoms with E-state index in [9.17, 15) is 14.5 Å². The van der Waals surface area contributed by atoms with Crippen molar-refractivity contribution in [1.82, 2.24) is 9.55 Å². The average Bonchev–Trinajstić information content (AvgIpc) is 3.63. The number of H-pyrrole nitrogens is 1. The Morgan fingerprint density at radius 2 is 1.40 bits per heavy atom. The van der Waals surface area contributed by atoms with E-state index in [1.54, 1.807) is 44.2 Å². The van der Waals surface area contributed by atoms with Crippen molar-refractivity contribution >= 4 is 30.1 Å². The number of hydrogen-bond acceptors (Lipinski definition) is 10. The molecule has 1 fully saturated rings. The maximum absolute atomic E-state index is 13.7. The van der Waals surface area contributed by atoms with Crippen molar-refractivity contribution in [3.8, 4) is 17.2 Å². The Kier molecular flexibility index (Phi) is 15.9. The molecule has 0 radical (unpaired) electrons. The van der Waals surface area contributed by atoms with Crippen molar-refractivity contribution in [2.75, 3.05) is 40.5 Å². The van der Waals surface area contributed by atoms with Crippen LogP contribution in [-0.2, 0) is 31.4 Å². The summed E-state index contributed by atoms with van der Waals surface area (Å²) >= 11 is 11.6. The van der Waals surface area contributed by atoms with Crippen LogP contribution in [0.15, 0.2) is 119 Å². The first-order valence-electron chi connectivity index (χ1n) is 19.1.